The summed E-state index contributed by atoms with van der Waals surface area (Å²) in [6.45, 7) is 9.27. The SMILES string of the molecule is [C-]#[N+]c1ccc2c(n1)c(N1CCN(C(c3ccc(F)cc3)C3CC3)CC1)c([N+](=O)[O-])c(=O)n2CC#C. The Morgan fingerprint density at radius 2 is 1.89 bits per heavy atom. The standard InChI is InChI=1S/C26H23FN6O3/c1-3-12-32-20-10-11-21(28-2)29-22(20)24(25(26(32)34)33(35)36)31-15-13-30(14-16-31)23(17-4-5-17)18-6-8-19(27)9-7-18/h1,6-11,17,23H,4-5,12-16H2. The third-order valence-electron chi connectivity index (χ3n) is 6.90. The van der Waals surface area contributed by atoms with Crippen LogP contribution in [0.5, 0.6) is 0 Å². The molecule has 1 saturated carbocycles. The van der Waals surface area contributed by atoms with Gasteiger partial charge in [-0.3, -0.25) is 24.4 Å². The average molecular weight is 487 g/mol. The Labute approximate surface area is 206 Å². The molecule has 182 valence electrons. The minimum Gasteiger partial charge on any atom is -0.361 e. The molecule has 1 aromatic carbocycles. The number of benzene rings is 1. The van der Waals surface area contributed by atoms with Gasteiger partial charge in [0.2, 0.25) is 5.52 Å². The molecule has 10 heteroatoms. The molecule has 3 aromatic rings. The summed E-state index contributed by atoms with van der Waals surface area (Å²) in [5.74, 6) is 2.67. The summed E-state index contributed by atoms with van der Waals surface area (Å²) < 4.78 is 14.7. The number of terminal acetylenes is 1. The molecule has 2 aromatic heterocycles. The van der Waals surface area contributed by atoms with Crippen LogP contribution in [0.1, 0.15) is 24.4 Å². The van der Waals surface area contributed by atoms with Gasteiger partial charge in [0, 0.05) is 32.2 Å². The molecule has 0 bridgehead atoms. The largest absolute Gasteiger partial charge is 0.361 e. The Balaban J connectivity index is 1.54. The summed E-state index contributed by atoms with van der Waals surface area (Å²) in [5, 5.41) is 12.1. The molecule has 1 aliphatic heterocycles. The number of fused-ring (bicyclic) bond motifs is 1. The van der Waals surface area contributed by atoms with Gasteiger partial charge in [-0.25, -0.2) is 4.39 Å². The van der Waals surface area contributed by atoms with Gasteiger partial charge in [0.05, 0.1) is 17.0 Å². The minimum atomic E-state index is -0.789. The summed E-state index contributed by atoms with van der Waals surface area (Å²) >= 11 is 0. The topological polar surface area (TPSA) is 88.9 Å². The lowest BCUT2D eigenvalue weighted by Crippen LogP contribution is -2.48. The van der Waals surface area contributed by atoms with Crippen molar-refractivity contribution >= 4 is 28.2 Å². The molecule has 2 aliphatic rings. The zero-order valence-electron chi connectivity index (χ0n) is 19.4. The molecule has 1 unspecified atom stereocenters. The van der Waals surface area contributed by atoms with Crippen LogP contribution in [0.15, 0.2) is 41.2 Å². The van der Waals surface area contributed by atoms with Gasteiger partial charge in [0.15, 0.2) is 5.69 Å². The van der Waals surface area contributed by atoms with E-state index in [1.54, 1.807) is 6.07 Å². The van der Waals surface area contributed by atoms with E-state index in [0.717, 1.165) is 23.0 Å². The number of pyridine rings is 2. The van der Waals surface area contributed by atoms with Crippen molar-refractivity contribution in [1.29, 1.82) is 0 Å². The first-order valence-corrected chi connectivity index (χ1v) is 11.7. The summed E-state index contributed by atoms with van der Waals surface area (Å²) in [5.41, 5.74) is 0.388. The fourth-order valence-corrected chi connectivity index (χ4v) is 5.14. The van der Waals surface area contributed by atoms with E-state index in [4.69, 9.17) is 13.0 Å². The molecule has 0 N–H and O–H groups in total. The van der Waals surface area contributed by atoms with Crippen LogP contribution in [0, 0.1) is 40.8 Å². The lowest BCUT2D eigenvalue weighted by Gasteiger charge is -2.40. The van der Waals surface area contributed by atoms with Crippen LogP contribution in [0.4, 0.5) is 21.6 Å². The van der Waals surface area contributed by atoms with Gasteiger partial charge in [0.25, 0.3) is 5.82 Å². The third kappa shape index (κ3) is 4.16. The molecule has 2 fully saturated rings. The summed E-state index contributed by atoms with van der Waals surface area (Å²) in [4.78, 5) is 36.5. The van der Waals surface area contributed by atoms with E-state index in [9.17, 15) is 19.3 Å². The second kappa shape index (κ2) is 9.40. The van der Waals surface area contributed by atoms with Gasteiger partial charge in [-0.1, -0.05) is 24.6 Å². The second-order valence-electron chi connectivity index (χ2n) is 9.06. The molecule has 0 spiro atoms. The number of anilines is 1. The van der Waals surface area contributed by atoms with E-state index in [1.165, 1.54) is 18.2 Å². The molecule has 3 heterocycles. The Bertz CT molecular complexity index is 1480. The number of halogens is 1. The normalized spacial score (nSPS) is 16.9. The van der Waals surface area contributed by atoms with E-state index in [0.29, 0.717) is 37.6 Å². The van der Waals surface area contributed by atoms with E-state index < -0.39 is 16.2 Å². The van der Waals surface area contributed by atoms with E-state index in [2.05, 4.69) is 20.6 Å². The van der Waals surface area contributed by atoms with Crippen molar-refractivity contribution in [2.45, 2.75) is 25.4 Å². The highest BCUT2D eigenvalue weighted by molar-refractivity contribution is 5.94. The van der Waals surface area contributed by atoms with Crippen molar-refractivity contribution in [1.82, 2.24) is 14.5 Å². The molecule has 1 aliphatic carbocycles. The fraction of sp³-hybridized carbons (Fsp3) is 0.346. The smallest absolute Gasteiger partial charge is 0.361 e. The first-order chi connectivity index (χ1) is 17.4. The zero-order chi connectivity index (χ0) is 25.4. The maximum absolute atomic E-state index is 13.5. The molecule has 9 nitrogen and oxygen atoms in total. The van der Waals surface area contributed by atoms with Crippen molar-refractivity contribution in [2.24, 2.45) is 5.92 Å². The summed E-state index contributed by atoms with van der Waals surface area (Å²) in [7, 11) is 0. The van der Waals surface area contributed by atoms with Gasteiger partial charge < -0.3 is 9.74 Å². The van der Waals surface area contributed by atoms with Crippen LogP contribution >= 0.6 is 0 Å². The predicted octanol–water partition coefficient (Wildman–Crippen LogP) is 3.90. The van der Waals surface area contributed by atoms with Crippen molar-refractivity contribution in [3.8, 4) is 12.3 Å². The lowest BCUT2D eigenvalue weighted by atomic mass is 9.99. The van der Waals surface area contributed by atoms with Crippen molar-refractivity contribution in [3.63, 3.8) is 0 Å². The first-order valence-electron chi connectivity index (χ1n) is 11.7. The van der Waals surface area contributed by atoms with Crippen LogP contribution < -0.4 is 10.5 Å². The highest BCUT2D eigenvalue weighted by Gasteiger charge is 2.39. The average Bonchev–Trinajstić information content (AvgIpc) is 3.72. The van der Waals surface area contributed by atoms with Crippen LogP contribution in [0.2, 0.25) is 0 Å². The number of piperazine rings is 1. The number of hydrogen-bond acceptors (Lipinski definition) is 6. The monoisotopic (exact) mass is 486 g/mol. The van der Waals surface area contributed by atoms with Gasteiger partial charge in [-0.2, -0.15) is 0 Å². The van der Waals surface area contributed by atoms with Gasteiger partial charge >= 0.3 is 11.2 Å². The zero-order valence-corrected chi connectivity index (χ0v) is 19.4. The minimum absolute atomic E-state index is 0.0766. The number of rotatable bonds is 6. The second-order valence-corrected chi connectivity index (χ2v) is 9.06. The highest BCUT2D eigenvalue weighted by Crippen LogP contribution is 2.45. The van der Waals surface area contributed by atoms with Crippen LogP contribution in [-0.2, 0) is 6.54 Å². The maximum atomic E-state index is 13.5. The molecule has 0 amide bonds. The highest BCUT2D eigenvalue weighted by atomic mass is 19.1. The Morgan fingerprint density at radius 3 is 2.47 bits per heavy atom. The number of aromatic nitrogens is 2. The molecule has 36 heavy (non-hydrogen) atoms. The van der Waals surface area contributed by atoms with Gasteiger partial charge in [-0.15, -0.1) is 11.4 Å². The van der Waals surface area contributed by atoms with Crippen molar-refractivity contribution in [2.75, 3.05) is 31.1 Å². The number of hydrogen-bond donors (Lipinski definition) is 0. The van der Waals surface area contributed by atoms with Crippen molar-refractivity contribution < 1.29 is 9.31 Å². The summed E-state index contributed by atoms with van der Waals surface area (Å²) in [6.07, 6.45) is 7.64. The maximum Gasteiger partial charge on any atom is 0.361 e. The van der Waals surface area contributed by atoms with Crippen LogP contribution in [0.25, 0.3) is 15.9 Å². The molecular formula is C26H23FN6O3. The number of nitrogens with zero attached hydrogens (tertiary/aromatic N) is 6. The Kier molecular flexibility index (Phi) is 6.13. The third-order valence-corrected chi connectivity index (χ3v) is 6.90. The van der Waals surface area contributed by atoms with E-state index >= 15 is 0 Å². The Hall–Kier alpha value is -4.28. The summed E-state index contributed by atoms with van der Waals surface area (Å²) in [6, 6.07) is 9.78. The van der Waals surface area contributed by atoms with Crippen molar-refractivity contribution in [3.05, 3.63) is 79.7 Å². The first kappa shape index (κ1) is 23.5. The van der Waals surface area contributed by atoms with Crippen LogP contribution in [0.3, 0.4) is 0 Å². The Morgan fingerprint density at radius 1 is 1.19 bits per heavy atom. The van der Waals surface area contributed by atoms with E-state index in [-0.39, 0.29) is 35.4 Å². The predicted molar refractivity (Wildman–Crippen MR) is 133 cm³/mol. The van der Waals surface area contributed by atoms with Crippen LogP contribution in [-0.4, -0.2) is 45.6 Å². The van der Waals surface area contributed by atoms with Gasteiger partial charge in [0.1, 0.15) is 5.82 Å². The number of nitro groups is 1. The molecule has 1 atom stereocenters. The van der Waals surface area contributed by atoms with Gasteiger partial charge in [-0.05, 0) is 48.6 Å². The van der Waals surface area contributed by atoms with E-state index in [1.807, 2.05) is 17.0 Å². The molecule has 0 radical (unpaired) electrons. The molecule has 1 saturated heterocycles. The fourth-order valence-electron chi connectivity index (χ4n) is 5.14. The molecule has 5 rings (SSSR count). The molecular weight excluding hydrogens is 463 g/mol. The lowest BCUT2D eigenvalue weighted by molar-refractivity contribution is -0.385. The quantitative estimate of drug-likeness (QED) is 0.227.